The minimum absolute atomic E-state index is 0. The summed E-state index contributed by atoms with van der Waals surface area (Å²) in [7, 11) is 4.28. The maximum absolute atomic E-state index is 4.82. The molecule has 9 heteroatoms. The summed E-state index contributed by atoms with van der Waals surface area (Å²) in [5.74, 6) is 0. The Morgan fingerprint density at radius 2 is 1.83 bits per heavy atom. The molecule has 1 fully saturated rings. The zero-order valence-corrected chi connectivity index (χ0v) is 24.5. The highest BCUT2D eigenvalue weighted by atomic mass is 35.5. The second kappa shape index (κ2) is 14.9. The van der Waals surface area contributed by atoms with Crippen molar-refractivity contribution < 1.29 is 0 Å². The number of hydrogen-bond acceptors (Lipinski definition) is 5. The van der Waals surface area contributed by atoms with Crippen molar-refractivity contribution in [3.05, 3.63) is 70.2 Å². The molecule has 0 aliphatic carbocycles. The molecule has 1 aliphatic heterocycles. The van der Waals surface area contributed by atoms with Gasteiger partial charge in [-0.1, -0.05) is 43.3 Å². The van der Waals surface area contributed by atoms with E-state index in [4.69, 9.17) is 10.1 Å². The van der Waals surface area contributed by atoms with Gasteiger partial charge in [-0.15, -0.1) is 37.2 Å². The first-order valence-corrected chi connectivity index (χ1v) is 12.1. The van der Waals surface area contributed by atoms with Crippen LogP contribution in [-0.2, 0) is 12.8 Å². The third kappa shape index (κ3) is 8.17. The molecular formula is C27H41Cl3N6. The van der Waals surface area contributed by atoms with E-state index in [0.29, 0.717) is 6.04 Å². The minimum Gasteiger partial charge on any atom is -0.310 e. The van der Waals surface area contributed by atoms with Gasteiger partial charge in [0, 0.05) is 62.1 Å². The summed E-state index contributed by atoms with van der Waals surface area (Å²) in [6, 6.07) is 11.6. The van der Waals surface area contributed by atoms with Crippen LogP contribution >= 0.6 is 37.2 Å². The standard InChI is InChI=1S/C27H38N6.3ClH/c1-6-26-25(27-29-20(2)16-21(3)33(27)30-26)17-23-11-9-22(10-12-23)8-7-14-32-15-13-28-24(19-32)18-31(4)5;;;/h7-12,16,24,28H,6,13-15,17-19H2,1-5H3;3*1H. The third-order valence-corrected chi connectivity index (χ3v) is 6.37. The average Bonchev–Trinajstić information content (AvgIpc) is 3.12. The number of aryl methyl sites for hydroxylation is 3. The molecule has 200 valence electrons. The van der Waals surface area contributed by atoms with Gasteiger partial charge in [-0.3, -0.25) is 4.90 Å². The van der Waals surface area contributed by atoms with Crippen LogP contribution in [0, 0.1) is 13.8 Å². The van der Waals surface area contributed by atoms with Crippen molar-refractivity contribution in [3.8, 4) is 0 Å². The number of fused-ring (bicyclic) bond motifs is 1. The van der Waals surface area contributed by atoms with E-state index in [9.17, 15) is 0 Å². The van der Waals surface area contributed by atoms with Crippen LogP contribution in [-0.4, -0.2) is 77.3 Å². The number of piperazine rings is 1. The molecule has 1 aliphatic rings. The molecule has 0 saturated carbocycles. The lowest BCUT2D eigenvalue weighted by Crippen LogP contribution is -2.54. The summed E-state index contributed by atoms with van der Waals surface area (Å²) >= 11 is 0. The van der Waals surface area contributed by atoms with E-state index in [2.05, 4.69) is 92.5 Å². The van der Waals surface area contributed by atoms with Gasteiger partial charge in [0.05, 0.1) is 5.69 Å². The maximum atomic E-state index is 4.82. The highest BCUT2D eigenvalue weighted by Gasteiger charge is 2.18. The van der Waals surface area contributed by atoms with Crippen LogP contribution in [0.3, 0.4) is 0 Å². The lowest BCUT2D eigenvalue weighted by Gasteiger charge is -2.34. The Hall–Kier alpha value is -1.67. The molecule has 1 N–H and O–H groups in total. The average molecular weight is 556 g/mol. The van der Waals surface area contributed by atoms with Crippen molar-refractivity contribution in [1.29, 1.82) is 0 Å². The number of benzene rings is 1. The van der Waals surface area contributed by atoms with Gasteiger partial charge in [-0.05, 0) is 51.6 Å². The number of halogens is 3. The predicted octanol–water partition coefficient (Wildman–Crippen LogP) is 4.61. The number of aromatic nitrogens is 3. The number of rotatable bonds is 8. The van der Waals surface area contributed by atoms with Crippen molar-refractivity contribution >= 4 is 48.9 Å². The van der Waals surface area contributed by atoms with Gasteiger partial charge in [0.25, 0.3) is 0 Å². The molecule has 0 spiro atoms. The highest BCUT2D eigenvalue weighted by Crippen LogP contribution is 2.21. The molecule has 1 unspecified atom stereocenters. The largest absolute Gasteiger partial charge is 0.310 e. The lowest BCUT2D eigenvalue weighted by molar-refractivity contribution is 0.192. The van der Waals surface area contributed by atoms with Gasteiger partial charge in [0.1, 0.15) is 0 Å². The molecule has 36 heavy (non-hydrogen) atoms. The molecule has 0 radical (unpaired) electrons. The lowest BCUT2D eigenvalue weighted by atomic mass is 10.0. The summed E-state index contributed by atoms with van der Waals surface area (Å²) < 4.78 is 2.00. The van der Waals surface area contributed by atoms with Crippen LogP contribution in [0.4, 0.5) is 0 Å². The first-order chi connectivity index (χ1) is 15.9. The Morgan fingerprint density at radius 1 is 1.11 bits per heavy atom. The molecule has 0 amide bonds. The van der Waals surface area contributed by atoms with Crippen LogP contribution in [0.2, 0.25) is 0 Å². The van der Waals surface area contributed by atoms with Gasteiger partial charge in [-0.25, -0.2) is 9.50 Å². The predicted molar refractivity (Wildman–Crippen MR) is 159 cm³/mol. The number of hydrogen-bond donors (Lipinski definition) is 1. The molecule has 3 heterocycles. The fourth-order valence-corrected chi connectivity index (χ4v) is 4.79. The fraction of sp³-hybridized carbons (Fsp3) is 0.481. The van der Waals surface area contributed by atoms with Gasteiger partial charge >= 0.3 is 0 Å². The van der Waals surface area contributed by atoms with Crippen LogP contribution < -0.4 is 5.32 Å². The number of nitrogens with zero attached hydrogens (tertiary/aromatic N) is 5. The van der Waals surface area contributed by atoms with Gasteiger partial charge in [-0.2, -0.15) is 5.10 Å². The first kappa shape index (κ1) is 32.4. The van der Waals surface area contributed by atoms with Gasteiger partial charge in [0.2, 0.25) is 0 Å². The molecule has 2 aromatic heterocycles. The summed E-state index contributed by atoms with van der Waals surface area (Å²) in [5, 5.41) is 8.44. The van der Waals surface area contributed by atoms with E-state index < -0.39 is 0 Å². The molecule has 6 nitrogen and oxygen atoms in total. The summed E-state index contributed by atoms with van der Waals surface area (Å²) in [5.41, 5.74) is 8.11. The summed E-state index contributed by atoms with van der Waals surface area (Å²) in [6.45, 7) is 11.7. The first-order valence-electron chi connectivity index (χ1n) is 12.1. The highest BCUT2D eigenvalue weighted by molar-refractivity contribution is 5.86. The van der Waals surface area contributed by atoms with Crippen LogP contribution in [0.5, 0.6) is 0 Å². The molecule has 4 rings (SSSR count). The Balaban J connectivity index is 0.00000216. The van der Waals surface area contributed by atoms with Crippen molar-refractivity contribution in [2.75, 3.05) is 46.8 Å². The normalized spacial score (nSPS) is 16.1. The number of likely N-dealkylation sites (N-methyl/N-ethyl adjacent to an activating group) is 1. The van der Waals surface area contributed by atoms with Crippen molar-refractivity contribution in [3.63, 3.8) is 0 Å². The van der Waals surface area contributed by atoms with E-state index in [1.54, 1.807) is 0 Å². The monoisotopic (exact) mass is 554 g/mol. The van der Waals surface area contributed by atoms with E-state index >= 15 is 0 Å². The van der Waals surface area contributed by atoms with Crippen molar-refractivity contribution in [2.45, 2.75) is 39.7 Å². The van der Waals surface area contributed by atoms with Crippen molar-refractivity contribution in [2.24, 2.45) is 0 Å². The Bertz CT molecular complexity index is 1110. The molecule has 0 bridgehead atoms. The topological polar surface area (TPSA) is 48.7 Å². The third-order valence-electron chi connectivity index (χ3n) is 6.37. The van der Waals surface area contributed by atoms with E-state index in [-0.39, 0.29) is 37.2 Å². The Morgan fingerprint density at radius 3 is 2.50 bits per heavy atom. The second-order valence-corrected chi connectivity index (χ2v) is 9.55. The quantitative estimate of drug-likeness (QED) is 0.440. The van der Waals surface area contributed by atoms with E-state index in [1.807, 2.05) is 4.52 Å². The maximum Gasteiger partial charge on any atom is 0.159 e. The molecule has 1 atom stereocenters. The van der Waals surface area contributed by atoms with Gasteiger partial charge < -0.3 is 10.2 Å². The second-order valence-electron chi connectivity index (χ2n) is 9.55. The molecular weight excluding hydrogens is 515 g/mol. The van der Waals surface area contributed by atoms with Gasteiger partial charge in [0.15, 0.2) is 5.65 Å². The minimum atomic E-state index is 0. The smallest absolute Gasteiger partial charge is 0.159 e. The molecule has 1 saturated heterocycles. The summed E-state index contributed by atoms with van der Waals surface area (Å²) in [4.78, 5) is 9.59. The van der Waals surface area contributed by atoms with E-state index in [0.717, 1.165) is 68.3 Å². The number of nitrogens with one attached hydrogen (secondary N) is 1. The van der Waals surface area contributed by atoms with Crippen LogP contribution in [0.25, 0.3) is 11.7 Å². The molecule has 3 aromatic rings. The summed E-state index contributed by atoms with van der Waals surface area (Å²) in [6.07, 6.45) is 6.32. The Kier molecular flexibility index (Phi) is 13.4. The SMILES string of the molecule is CCc1nn2c(C)cc(C)nc2c1Cc1ccc(C=CCN2CCNC(CN(C)C)C2)cc1.Cl.Cl.Cl. The van der Waals surface area contributed by atoms with Crippen LogP contribution in [0.15, 0.2) is 36.4 Å². The fourth-order valence-electron chi connectivity index (χ4n) is 4.79. The zero-order chi connectivity index (χ0) is 23.4. The van der Waals surface area contributed by atoms with Crippen LogP contribution in [0.1, 0.15) is 40.7 Å². The Labute approximate surface area is 234 Å². The molecule has 1 aromatic carbocycles. The zero-order valence-electron chi connectivity index (χ0n) is 22.0. The van der Waals surface area contributed by atoms with Crippen molar-refractivity contribution in [1.82, 2.24) is 29.7 Å². The van der Waals surface area contributed by atoms with E-state index in [1.165, 1.54) is 16.7 Å².